The van der Waals surface area contributed by atoms with Crippen LogP contribution in [0.2, 0.25) is 0 Å². The average Bonchev–Trinajstić information content (AvgIpc) is 2.65. The second-order valence-electron chi connectivity index (χ2n) is 3.60. The van der Waals surface area contributed by atoms with Crippen LogP contribution in [-0.2, 0) is 6.42 Å². The first-order chi connectivity index (χ1) is 5.25. The molecule has 2 heteroatoms. The SMILES string of the molecule is Cc1bc(CC2CC2)oc1C. The molecule has 1 saturated carbocycles. The summed E-state index contributed by atoms with van der Waals surface area (Å²) < 4.78 is 5.57. The van der Waals surface area contributed by atoms with Gasteiger partial charge in [-0.3, -0.25) is 0 Å². The summed E-state index contributed by atoms with van der Waals surface area (Å²) in [5.41, 5.74) is 2.48. The van der Waals surface area contributed by atoms with Crippen molar-refractivity contribution in [3.8, 4) is 0 Å². The number of aryl methyl sites for hydroxylation is 2. The van der Waals surface area contributed by atoms with E-state index in [2.05, 4.69) is 13.8 Å². The number of hydrogen-bond acceptors (Lipinski definition) is 1. The van der Waals surface area contributed by atoms with Crippen molar-refractivity contribution >= 4 is 6.91 Å². The first-order valence-electron chi connectivity index (χ1n) is 4.31. The molecule has 0 bridgehead atoms. The van der Waals surface area contributed by atoms with Gasteiger partial charge in [-0.15, -0.1) is 0 Å². The van der Waals surface area contributed by atoms with Crippen LogP contribution in [0.4, 0.5) is 0 Å². The van der Waals surface area contributed by atoms with Gasteiger partial charge >= 0.3 is 67.2 Å². The van der Waals surface area contributed by atoms with E-state index in [4.69, 9.17) is 4.42 Å². The molecule has 1 fully saturated rings. The molecule has 0 N–H and O–H groups in total. The summed E-state index contributed by atoms with van der Waals surface area (Å²) in [4.78, 5) is 0. The first kappa shape index (κ1) is 7.14. The second-order valence-corrected chi connectivity index (χ2v) is 3.60. The molecule has 1 aliphatic rings. The summed E-state index contributed by atoms with van der Waals surface area (Å²) in [6.07, 6.45) is 3.96. The Morgan fingerprint density at radius 1 is 1.45 bits per heavy atom. The summed E-state index contributed by atoms with van der Waals surface area (Å²) in [5.74, 6) is 2.01. The van der Waals surface area contributed by atoms with Gasteiger partial charge in [-0.25, -0.2) is 0 Å². The third kappa shape index (κ3) is 1.55. The number of rotatable bonds is 2. The van der Waals surface area contributed by atoms with Crippen molar-refractivity contribution < 1.29 is 4.42 Å². The Balaban J connectivity index is 2.11. The molecule has 1 nitrogen and oxygen atoms in total. The molecule has 0 radical (unpaired) electrons. The molecule has 0 aliphatic heterocycles. The van der Waals surface area contributed by atoms with Crippen LogP contribution in [-0.4, -0.2) is 6.91 Å². The van der Waals surface area contributed by atoms with E-state index < -0.39 is 0 Å². The first-order valence-corrected chi connectivity index (χ1v) is 4.31. The van der Waals surface area contributed by atoms with Crippen molar-refractivity contribution in [3.05, 3.63) is 16.9 Å². The normalized spacial score (nSPS) is 16.9. The van der Waals surface area contributed by atoms with Gasteiger partial charge in [0.25, 0.3) is 0 Å². The van der Waals surface area contributed by atoms with Gasteiger partial charge in [-0.1, -0.05) is 0 Å². The maximum atomic E-state index is 5.57. The zero-order chi connectivity index (χ0) is 7.84. The van der Waals surface area contributed by atoms with Crippen molar-refractivity contribution in [2.24, 2.45) is 5.92 Å². The van der Waals surface area contributed by atoms with E-state index in [9.17, 15) is 0 Å². The van der Waals surface area contributed by atoms with Crippen LogP contribution in [0, 0.1) is 19.8 Å². The molecular weight excluding hydrogens is 135 g/mol. The number of hydrogen-bond donors (Lipinski definition) is 0. The molecule has 0 saturated heterocycles. The molecule has 1 heterocycles. The van der Waals surface area contributed by atoms with Crippen molar-refractivity contribution in [3.63, 3.8) is 0 Å². The van der Waals surface area contributed by atoms with Crippen LogP contribution in [0.5, 0.6) is 0 Å². The van der Waals surface area contributed by atoms with Crippen LogP contribution in [0.1, 0.15) is 29.7 Å². The van der Waals surface area contributed by atoms with Crippen molar-refractivity contribution in [1.29, 1.82) is 0 Å². The van der Waals surface area contributed by atoms with Gasteiger partial charge in [0, 0.05) is 0 Å². The molecule has 58 valence electrons. The molecular formula is C9H13BO. The van der Waals surface area contributed by atoms with E-state index >= 15 is 0 Å². The minimum absolute atomic E-state index is 0.931. The molecule has 0 aromatic carbocycles. The topological polar surface area (TPSA) is 13.1 Å². The van der Waals surface area contributed by atoms with E-state index in [1.54, 1.807) is 0 Å². The standard InChI is InChI=1S/C9H13BO/c1-6-7(2)11-9(10-6)5-8-3-4-8/h8H,3-5H2,1-2H3. The van der Waals surface area contributed by atoms with E-state index in [1.165, 1.54) is 24.0 Å². The third-order valence-corrected chi connectivity index (χ3v) is 2.40. The van der Waals surface area contributed by atoms with Gasteiger partial charge < -0.3 is 0 Å². The average molecular weight is 148 g/mol. The maximum absolute atomic E-state index is 5.57. The molecule has 0 unspecified atom stereocenters. The summed E-state index contributed by atoms with van der Waals surface area (Å²) >= 11 is 0. The fourth-order valence-corrected chi connectivity index (χ4v) is 1.36. The van der Waals surface area contributed by atoms with Gasteiger partial charge in [-0.2, -0.15) is 0 Å². The van der Waals surface area contributed by atoms with Crippen LogP contribution in [0.3, 0.4) is 0 Å². The molecule has 2 rings (SSSR count). The second kappa shape index (κ2) is 2.51. The Morgan fingerprint density at radius 3 is 2.64 bits per heavy atom. The molecule has 11 heavy (non-hydrogen) atoms. The molecule has 1 aromatic rings. The minimum atomic E-state index is 0.931. The van der Waals surface area contributed by atoms with Crippen molar-refractivity contribution in [2.75, 3.05) is 0 Å². The van der Waals surface area contributed by atoms with E-state index in [1.807, 2.05) is 6.92 Å². The van der Waals surface area contributed by atoms with Crippen LogP contribution < -0.4 is 0 Å². The zero-order valence-electron chi connectivity index (χ0n) is 7.18. The summed E-state index contributed by atoms with van der Waals surface area (Å²) in [5, 5.41) is 0. The van der Waals surface area contributed by atoms with Crippen molar-refractivity contribution in [1.82, 2.24) is 0 Å². The molecule has 0 amide bonds. The summed E-state index contributed by atoms with van der Waals surface area (Å²) in [6, 6.07) is 0. The van der Waals surface area contributed by atoms with Gasteiger partial charge in [0.05, 0.1) is 0 Å². The molecule has 1 aliphatic carbocycles. The fraction of sp³-hybridized carbons (Fsp3) is 0.667. The van der Waals surface area contributed by atoms with E-state index in [0.29, 0.717) is 0 Å². The Bertz CT molecular complexity index is 241. The Kier molecular flexibility index (Phi) is 1.63. The Hall–Kier alpha value is -0.525. The van der Waals surface area contributed by atoms with Crippen LogP contribution >= 0.6 is 0 Å². The van der Waals surface area contributed by atoms with Gasteiger partial charge in [0.15, 0.2) is 0 Å². The van der Waals surface area contributed by atoms with Gasteiger partial charge in [0.1, 0.15) is 0 Å². The monoisotopic (exact) mass is 148 g/mol. The quantitative estimate of drug-likeness (QED) is 0.626. The fourth-order valence-electron chi connectivity index (χ4n) is 1.36. The molecule has 0 spiro atoms. The Morgan fingerprint density at radius 2 is 2.18 bits per heavy atom. The van der Waals surface area contributed by atoms with Crippen molar-refractivity contribution in [2.45, 2.75) is 33.1 Å². The van der Waals surface area contributed by atoms with Crippen LogP contribution in [0.15, 0.2) is 4.42 Å². The zero-order valence-corrected chi connectivity index (χ0v) is 7.18. The predicted octanol–water partition coefficient (Wildman–Crippen LogP) is 2.19. The Labute approximate surface area is 68.0 Å². The van der Waals surface area contributed by atoms with E-state index in [0.717, 1.165) is 18.1 Å². The molecule has 0 atom stereocenters. The third-order valence-electron chi connectivity index (χ3n) is 2.40. The molecule has 1 aromatic heterocycles. The summed E-state index contributed by atoms with van der Waals surface area (Å²) in [6.45, 7) is 6.31. The van der Waals surface area contributed by atoms with Crippen LogP contribution in [0.25, 0.3) is 0 Å². The van der Waals surface area contributed by atoms with E-state index in [-0.39, 0.29) is 0 Å². The summed E-state index contributed by atoms with van der Waals surface area (Å²) in [7, 11) is 0. The predicted molar refractivity (Wildman–Crippen MR) is 46.0 cm³/mol. The van der Waals surface area contributed by atoms with Gasteiger partial charge in [-0.05, 0) is 0 Å². The van der Waals surface area contributed by atoms with Gasteiger partial charge in [0.2, 0.25) is 0 Å².